The number of benzene rings is 1. The molecule has 5 heteroatoms. The van der Waals surface area contributed by atoms with E-state index in [0.717, 1.165) is 40.5 Å². The molecule has 0 aliphatic heterocycles. The number of nitrogen functional groups attached to an aromatic ring is 1. The number of ether oxygens (including phenoxy) is 2. The molecule has 0 amide bonds. The zero-order valence-electron chi connectivity index (χ0n) is 12.0. The van der Waals surface area contributed by atoms with Crippen LogP contribution in [0.25, 0.3) is 5.65 Å². The van der Waals surface area contributed by atoms with Crippen LogP contribution in [-0.2, 0) is 6.42 Å². The van der Waals surface area contributed by atoms with Crippen LogP contribution in [0.1, 0.15) is 11.3 Å². The highest BCUT2D eigenvalue weighted by Gasteiger charge is 2.07. The molecule has 0 atom stereocenters. The molecule has 0 aliphatic rings. The summed E-state index contributed by atoms with van der Waals surface area (Å²) < 4.78 is 12.5. The van der Waals surface area contributed by atoms with Crippen molar-refractivity contribution in [1.82, 2.24) is 9.38 Å². The number of hydrogen-bond donors (Lipinski definition) is 1. The third-order valence-corrected chi connectivity index (χ3v) is 3.36. The minimum atomic E-state index is 0.720. The van der Waals surface area contributed by atoms with Gasteiger partial charge in [0.2, 0.25) is 0 Å². The summed E-state index contributed by atoms with van der Waals surface area (Å²) in [5.74, 6) is 1.45. The van der Waals surface area contributed by atoms with Crippen LogP contribution in [0.5, 0.6) is 11.5 Å². The van der Waals surface area contributed by atoms with Crippen LogP contribution in [0.2, 0.25) is 0 Å². The van der Waals surface area contributed by atoms with Gasteiger partial charge in [-0.2, -0.15) is 0 Å². The molecule has 2 heterocycles. The SMILES string of the molecule is COc1ccc(Cc2cn3cc(N)ccc3n2)cc1OC. The normalized spacial score (nSPS) is 10.8. The summed E-state index contributed by atoms with van der Waals surface area (Å²) in [6.07, 6.45) is 4.57. The number of nitrogens with zero attached hydrogens (tertiary/aromatic N) is 2. The third-order valence-electron chi connectivity index (χ3n) is 3.36. The van der Waals surface area contributed by atoms with Gasteiger partial charge in [0, 0.05) is 24.5 Å². The third kappa shape index (κ3) is 2.63. The maximum Gasteiger partial charge on any atom is 0.160 e. The Morgan fingerprint density at radius 1 is 1.05 bits per heavy atom. The Bertz CT molecular complexity index is 780. The van der Waals surface area contributed by atoms with Gasteiger partial charge in [0.25, 0.3) is 0 Å². The van der Waals surface area contributed by atoms with Crippen LogP contribution in [0.3, 0.4) is 0 Å². The van der Waals surface area contributed by atoms with Crippen molar-refractivity contribution in [3.63, 3.8) is 0 Å². The number of hydrogen-bond acceptors (Lipinski definition) is 4. The molecule has 3 rings (SSSR count). The number of nitrogens with two attached hydrogens (primary N) is 1. The van der Waals surface area contributed by atoms with Gasteiger partial charge in [0.05, 0.1) is 19.9 Å². The number of aromatic nitrogens is 2. The van der Waals surface area contributed by atoms with Crippen molar-refractivity contribution in [2.45, 2.75) is 6.42 Å². The van der Waals surface area contributed by atoms with Gasteiger partial charge < -0.3 is 19.6 Å². The first kappa shape index (κ1) is 13.3. The number of anilines is 1. The van der Waals surface area contributed by atoms with Gasteiger partial charge in [-0.25, -0.2) is 4.98 Å². The van der Waals surface area contributed by atoms with Crippen molar-refractivity contribution >= 4 is 11.3 Å². The summed E-state index contributed by atoms with van der Waals surface area (Å²) in [6, 6.07) is 9.65. The van der Waals surface area contributed by atoms with E-state index < -0.39 is 0 Å². The van der Waals surface area contributed by atoms with Gasteiger partial charge in [-0.3, -0.25) is 0 Å². The molecule has 5 nitrogen and oxygen atoms in total. The highest BCUT2D eigenvalue weighted by Crippen LogP contribution is 2.28. The second-order valence-corrected chi connectivity index (χ2v) is 4.83. The lowest BCUT2D eigenvalue weighted by atomic mass is 10.1. The van der Waals surface area contributed by atoms with Crippen LogP contribution >= 0.6 is 0 Å². The number of pyridine rings is 1. The average Bonchev–Trinajstić information content (AvgIpc) is 2.88. The maximum absolute atomic E-state index is 5.78. The maximum atomic E-state index is 5.78. The van der Waals surface area contributed by atoms with E-state index in [4.69, 9.17) is 15.2 Å². The van der Waals surface area contributed by atoms with Crippen LogP contribution in [0, 0.1) is 0 Å². The van der Waals surface area contributed by atoms with Gasteiger partial charge in [-0.05, 0) is 29.8 Å². The van der Waals surface area contributed by atoms with Gasteiger partial charge in [-0.1, -0.05) is 6.07 Å². The topological polar surface area (TPSA) is 61.8 Å². The number of rotatable bonds is 4. The highest BCUT2D eigenvalue weighted by atomic mass is 16.5. The summed E-state index contributed by atoms with van der Waals surface area (Å²) in [5.41, 5.74) is 9.48. The molecule has 2 aromatic heterocycles. The molecule has 3 aromatic rings. The fourth-order valence-electron chi connectivity index (χ4n) is 2.35. The zero-order chi connectivity index (χ0) is 14.8. The standard InChI is InChI=1S/C16H17N3O2/c1-20-14-5-3-11(8-15(14)21-2)7-13-10-19-9-12(17)4-6-16(19)18-13/h3-6,8-10H,7,17H2,1-2H3. The van der Waals surface area contributed by atoms with Crippen LogP contribution in [-0.4, -0.2) is 23.6 Å². The van der Waals surface area contributed by atoms with E-state index in [-0.39, 0.29) is 0 Å². The molecule has 0 spiro atoms. The minimum absolute atomic E-state index is 0.720. The van der Waals surface area contributed by atoms with E-state index in [1.807, 2.05) is 47.1 Å². The highest BCUT2D eigenvalue weighted by molar-refractivity contribution is 5.49. The lowest BCUT2D eigenvalue weighted by Gasteiger charge is -2.08. The Morgan fingerprint density at radius 2 is 1.86 bits per heavy atom. The lowest BCUT2D eigenvalue weighted by molar-refractivity contribution is 0.354. The Morgan fingerprint density at radius 3 is 2.62 bits per heavy atom. The fourth-order valence-corrected chi connectivity index (χ4v) is 2.35. The molecule has 21 heavy (non-hydrogen) atoms. The van der Waals surface area contributed by atoms with Crippen molar-refractivity contribution < 1.29 is 9.47 Å². The smallest absolute Gasteiger partial charge is 0.160 e. The van der Waals surface area contributed by atoms with Crippen LogP contribution < -0.4 is 15.2 Å². The summed E-state index contributed by atoms with van der Waals surface area (Å²) in [5, 5.41) is 0. The van der Waals surface area contributed by atoms with E-state index in [1.165, 1.54) is 0 Å². The Hall–Kier alpha value is -2.69. The van der Waals surface area contributed by atoms with Gasteiger partial charge in [0.15, 0.2) is 11.5 Å². The predicted molar refractivity (Wildman–Crippen MR) is 82.0 cm³/mol. The Labute approximate surface area is 122 Å². The Balaban J connectivity index is 1.91. The van der Waals surface area contributed by atoms with Crippen molar-refractivity contribution in [2.24, 2.45) is 0 Å². The van der Waals surface area contributed by atoms with Gasteiger partial charge in [-0.15, -0.1) is 0 Å². The van der Waals surface area contributed by atoms with Crippen LogP contribution in [0.4, 0.5) is 5.69 Å². The second-order valence-electron chi connectivity index (χ2n) is 4.83. The van der Waals surface area contributed by atoms with Crippen molar-refractivity contribution in [3.8, 4) is 11.5 Å². The second kappa shape index (κ2) is 5.36. The van der Waals surface area contributed by atoms with E-state index in [1.54, 1.807) is 14.2 Å². The summed E-state index contributed by atoms with van der Waals surface area (Å²) >= 11 is 0. The van der Waals surface area contributed by atoms with Crippen LogP contribution in [0.15, 0.2) is 42.7 Å². The van der Waals surface area contributed by atoms with E-state index in [0.29, 0.717) is 0 Å². The van der Waals surface area contributed by atoms with E-state index >= 15 is 0 Å². The first-order valence-electron chi connectivity index (χ1n) is 6.63. The molecular formula is C16H17N3O2. The number of imidazole rings is 1. The molecule has 108 valence electrons. The predicted octanol–water partition coefficient (Wildman–Crippen LogP) is 2.52. The summed E-state index contributed by atoms with van der Waals surface area (Å²) in [4.78, 5) is 4.58. The molecule has 0 radical (unpaired) electrons. The quantitative estimate of drug-likeness (QED) is 0.799. The van der Waals surface area contributed by atoms with Gasteiger partial charge >= 0.3 is 0 Å². The molecule has 0 fully saturated rings. The molecule has 0 bridgehead atoms. The first-order chi connectivity index (χ1) is 10.2. The molecule has 1 aromatic carbocycles. The van der Waals surface area contributed by atoms with Crippen molar-refractivity contribution in [3.05, 3.63) is 54.0 Å². The molecule has 0 saturated heterocycles. The monoisotopic (exact) mass is 283 g/mol. The fraction of sp³-hybridized carbons (Fsp3) is 0.188. The Kier molecular flexibility index (Phi) is 3.39. The zero-order valence-corrected chi connectivity index (χ0v) is 12.0. The lowest BCUT2D eigenvalue weighted by Crippen LogP contribution is -1.94. The number of methoxy groups -OCH3 is 2. The first-order valence-corrected chi connectivity index (χ1v) is 6.63. The molecule has 0 unspecified atom stereocenters. The number of fused-ring (bicyclic) bond motifs is 1. The van der Waals surface area contributed by atoms with E-state index in [9.17, 15) is 0 Å². The average molecular weight is 283 g/mol. The van der Waals surface area contributed by atoms with Crippen molar-refractivity contribution in [1.29, 1.82) is 0 Å². The molecule has 0 aliphatic carbocycles. The van der Waals surface area contributed by atoms with Gasteiger partial charge in [0.1, 0.15) is 5.65 Å². The summed E-state index contributed by atoms with van der Waals surface area (Å²) in [6.45, 7) is 0. The van der Waals surface area contributed by atoms with Crippen molar-refractivity contribution in [2.75, 3.05) is 20.0 Å². The molecule has 0 saturated carbocycles. The minimum Gasteiger partial charge on any atom is -0.493 e. The summed E-state index contributed by atoms with van der Waals surface area (Å²) in [7, 11) is 3.26. The van der Waals surface area contributed by atoms with E-state index in [2.05, 4.69) is 4.98 Å². The molecule has 2 N–H and O–H groups in total. The largest absolute Gasteiger partial charge is 0.493 e. The molecular weight excluding hydrogens is 266 g/mol.